The van der Waals surface area contributed by atoms with E-state index in [2.05, 4.69) is 0 Å². The fourth-order valence-electron chi connectivity index (χ4n) is 0. The summed E-state index contributed by atoms with van der Waals surface area (Å²) in [6.45, 7) is 0. The third-order valence-electron chi connectivity index (χ3n) is 0. The number of hydrogen-bond donors (Lipinski definition) is 0. The fraction of sp³-hybridized carbons (Fsp3) is 0. The molecule has 1 nitrogen and oxygen atoms in total. The van der Waals surface area contributed by atoms with Gasteiger partial charge in [-0.15, -0.1) is 0 Å². The summed E-state index contributed by atoms with van der Waals surface area (Å²) < 4.78 is 0. The summed E-state index contributed by atoms with van der Waals surface area (Å²) in [5, 5.41) is 0. The van der Waals surface area contributed by atoms with Crippen LogP contribution in [-0.2, 0) is 66.1 Å². The molecule has 0 saturated heterocycles. The molecule has 1 radical (unpaired) electrons. The molecule has 0 aromatic rings. The van der Waals surface area contributed by atoms with Crippen LogP contribution in [0.2, 0.25) is 0 Å². The Morgan fingerprint density at radius 2 is 1.00 bits per heavy atom. The second-order valence-corrected chi connectivity index (χ2v) is 0. The Hall–Kier alpha value is 1.90. The Bertz CT molecular complexity index is 8.00. The summed E-state index contributed by atoms with van der Waals surface area (Å²) in [6, 6.07) is 0. The van der Waals surface area contributed by atoms with Crippen LogP contribution in [0.25, 0.3) is 0 Å². The van der Waals surface area contributed by atoms with Crippen molar-refractivity contribution in [1.29, 1.82) is 0 Å². The van der Waals surface area contributed by atoms with E-state index in [0.29, 0.717) is 0 Å². The topological polar surface area (TPSA) is 28.5 Å². The molecule has 0 N–H and O–H groups in total. The van der Waals surface area contributed by atoms with E-state index in [4.69, 9.17) is 0 Å². The van der Waals surface area contributed by atoms with Gasteiger partial charge >= 0.3 is 60.6 Å². The van der Waals surface area contributed by atoms with E-state index in [-0.39, 0.29) is 66.1 Å². The van der Waals surface area contributed by atoms with E-state index in [1.165, 1.54) is 0 Å². The molecule has 0 fully saturated rings. The molecule has 0 rings (SSSR count). The Morgan fingerprint density at radius 3 is 1.00 bits per heavy atom. The van der Waals surface area contributed by atoms with Gasteiger partial charge in [-0.1, -0.05) is 0 Å². The van der Waals surface area contributed by atoms with Crippen molar-refractivity contribution in [2.75, 3.05) is 0 Å². The Kier molecular flexibility index (Phi) is 203. The largest absolute Gasteiger partial charge is 4.00 e. The van der Waals surface area contributed by atoms with Crippen LogP contribution in [0, 0.1) is 0 Å². The average Bonchev–Trinajstić information content (AvgIpc) is 0. The van der Waals surface area contributed by atoms with E-state index < -0.39 is 0 Å². The maximum absolute atomic E-state index is 0. The zero-order valence-electron chi connectivity index (χ0n) is 1.67. The van der Waals surface area contributed by atoms with E-state index in [9.17, 15) is 0 Å². The van der Waals surface area contributed by atoms with Gasteiger partial charge in [0, 0.05) is 0 Å². The zero-order chi connectivity index (χ0) is 0. The molecule has 0 aromatic heterocycles. The molecule has 17 valence electrons. The molecule has 0 unspecified atom stereocenters. The summed E-state index contributed by atoms with van der Waals surface area (Å²) in [6.07, 6.45) is 0. The van der Waals surface area contributed by atoms with Gasteiger partial charge in [0.05, 0.1) is 0 Å². The van der Waals surface area contributed by atoms with Crippen molar-refractivity contribution in [3.8, 4) is 0 Å². The molecule has 4 heteroatoms. The van der Waals surface area contributed by atoms with Crippen molar-refractivity contribution in [3.63, 3.8) is 0 Å². The Labute approximate surface area is 65.6 Å². The van der Waals surface area contributed by atoms with Crippen LogP contribution in [0.3, 0.4) is 0 Å². The smallest absolute Gasteiger partial charge is 2.00 e. The first kappa shape index (κ1) is 39.3. The molecular weight excluding hydrogens is 215 g/mol. The van der Waals surface area contributed by atoms with Crippen molar-refractivity contribution in [1.82, 2.24) is 0 Å². The standard InChI is InChI=1S/Cr.Fe.O.Zr/q+3;+2;-2;+4. The third-order valence-corrected chi connectivity index (χ3v) is 0. The van der Waals surface area contributed by atoms with Crippen molar-refractivity contribution in [2.45, 2.75) is 0 Å². The molecule has 4 heavy (non-hydrogen) atoms. The minimum Gasteiger partial charge on any atom is -2.00 e. The maximum Gasteiger partial charge on any atom is 4.00 e. The van der Waals surface area contributed by atoms with Crippen LogP contribution in [0.1, 0.15) is 0 Å². The van der Waals surface area contributed by atoms with Gasteiger partial charge in [0.15, 0.2) is 0 Å². The second-order valence-electron chi connectivity index (χ2n) is 0. The first-order valence-electron chi connectivity index (χ1n) is 0. The van der Waals surface area contributed by atoms with Gasteiger partial charge in [-0.25, -0.2) is 0 Å². The molecule has 0 amide bonds. The number of hydrogen-bond acceptors (Lipinski definition) is 0. The van der Waals surface area contributed by atoms with Gasteiger partial charge in [-0.2, -0.15) is 0 Å². The van der Waals surface area contributed by atoms with Crippen molar-refractivity contribution in [2.24, 2.45) is 0 Å². The molecular formula is CrFeOZr+7. The fourth-order valence-corrected chi connectivity index (χ4v) is 0. The Balaban J connectivity index is 0. The monoisotopic (exact) mass is 214 g/mol. The van der Waals surface area contributed by atoms with E-state index >= 15 is 0 Å². The summed E-state index contributed by atoms with van der Waals surface area (Å²) in [5.74, 6) is 0. The third kappa shape index (κ3) is 9.09. The molecule has 0 aliphatic heterocycles. The molecule has 0 spiro atoms. The van der Waals surface area contributed by atoms with Gasteiger partial charge in [0.1, 0.15) is 0 Å². The molecule has 0 aliphatic carbocycles. The number of rotatable bonds is 0. The summed E-state index contributed by atoms with van der Waals surface area (Å²) in [4.78, 5) is 0. The first-order chi connectivity index (χ1) is 0. The van der Waals surface area contributed by atoms with Crippen LogP contribution >= 0.6 is 0 Å². The minimum atomic E-state index is 0. The molecule has 0 atom stereocenters. The van der Waals surface area contributed by atoms with Gasteiger partial charge in [-0.05, 0) is 0 Å². The average molecular weight is 215 g/mol. The normalized spacial score (nSPS) is 0. The first-order valence-corrected chi connectivity index (χ1v) is 0. The van der Waals surface area contributed by atoms with Gasteiger partial charge < -0.3 is 5.48 Å². The molecule has 0 heterocycles. The van der Waals surface area contributed by atoms with Crippen molar-refractivity contribution < 1.29 is 66.1 Å². The van der Waals surface area contributed by atoms with Gasteiger partial charge in [-0.3, -0.25) is 0 Å². The van der Waals surface area contributed by atoms with Crippen LogP contribution < -0.4 is 0 Å². The summed E-state index contributed by atoms with van der Waals surface area (Å²) in [5.41, 5.74) is 0. The molecule has 0 bridgehead atoms. The summed E-state index contributed by atoms with van der Waals surface area (Å²) in [7, 11) is 0. The predicted octanol–water partition coefficient (Wildman–Crippen LogP) is -0.126. The Morgan fingerprint density at radius 1 is 1.00 bits per heavy atom. The molecule has 0 saturated carbocycles. The minimum absolute atomic E-state index is 0. The molecule has 0 aliphatic rings. The van der Waals surface area contributed by atoms with E-state index in [1.807, 2.05) is 0 Å². The maximum atomic E-state index is 0. The van der Waals surface area contributed by atoms with Crippen molar-refractivity contribution >= 4 is 0 Å². The van der Waals surface area contributed by atoms with Gasteiger partial charge in [0.2, 0.25) is 0 Å². The van der Waals surface area contributed by atoms with Crippen LogP contribution in [0.15, 0.2) is 0 Å². The van der Waals surface area contributed by atoms with Crippen LogP contribution in [0.5, 0.6) is 0 Å². The van der Waals surface area contributed by atoms with E-state index in [1.54, 1.807) is 0 Å². The van der Waals surface area contributed by atoms with Gasteiger partial charge in [0.25, 0.3) is 0 Å². The zero-order valence-corrected chi connectivity index (χ0v) is 6.51. The summed E-state index contributed by atoms with van der Waals surface area (Å²) >= 11 is 0. The predicted molar refractivity (Wildman–Crippen MR) is 0.686 cm³/mol. The SMILES string of the molecule is [Cr+3].[Fe+2].[O-2].[Zr+4]. The van der Waals surface area contributed by atoms with Crippen LogP contribution in [0.4, 0.5) is 0 Å². The van der Waals surface area contributed by atoms with Crippen molar-refractivity contribution in [3.05, 3.63) is 0 Å². The quantitative estimate of drug-likeness (QED) is 0.504. The van der Waals surface area contributed by atoms with E-state index in [0.717, 1.165) is 0 Å². The van der Waals surface area contributed by atoms with Crippen LogP contribution in [-0.4, -0.2) is 0 Å². The molecule has 0 aromatic carbocycles. The second kappa shape index (κ2) is 20.7.